The van der Waals surface area contributed by atoms with E-state index in [0.29, 0.717) is 13.0 Å². The number of β-amino-alcohol motifs (C(OH)–C–C–N with tert-alkyl or cyclic N) is 1. The van der Waals surface area contributed by atoms with Crippen LogP contribution in [0, 0.1) is 11.8 Å². The van der Waals surface area contributed by atoms with E-state index in [0.717, 1.165) is 12.3 Å². The highest BCUT2D eigenvalue weighted by molar-refractivity contribution is 5.94. The second kappa shape index (κ2) is 4.13. The molecular weight excluding hydrogens is 218 g/mol. The van der Waals surface area contributed by atoms with Crippen molar-refractivity contribution in [1.82, 2.24) is 9.88 Å². The Labute approximate surface area is 90.5 Å². The number of aliphatic hydroxyl groups excluding tert-OH is 1. The third-order valence-corrected chi connectivity index (χ3v) is 2.53. The molecule has 0 radical (unpaired) electrons. The number of aliphatic hydroxyl groups is 1. The SMILES string of the molecule is O=C(c1ccnc(F)c1F)N1CCC(O)C1. The van der Waals surface area contributed by atoms with Gasteiger partial charge in [0, 0.05) is 19.3 Å². The van der Waals surface area contributed by atoms with Crippen molar-refractivity contribution >= 4 is 5.91 Å². The third-order valence-electron chi connectivity index (χ3n) is 2.53. The standard InChI is InChI=1S/C10H10F2N2O2/c11-8-7(1-3-13-9(8)12)10(16)14-4-2-6(15)5-14/h1,3,6,15H,2,4-5H2. The minimum atomic E-state index is -1.29. The van der Waals surface area contributed by atoms with Gasteiger partial charge >= 0.3 is 0 Å². The highest BCUT2D eigenvalue weighted by atomic mass is 19.2. The average Bonchev–Trinajstić information content (AvgIpc) is 2.68. The first-order valence-corrected chi connectivity index (χ1v) is 4.87. The Morgan fingerprint density at radius 1 is 1.56 bits per heavy atom. The van der Waals surface area contributed by atoms with Crippen LogP contribution >= 0.6 is 0 Å². The zero-order valence-corrected chi connectivity index (χ0v) is 8.36. The van der Waals surface area contributed by atoms with Crippen molar-refractivity contribution in [2.45, 2.75) is 12.5 Å². The number of nitrogens with zero attached hydrogens (tertiary/aromatic N) is 2. The van der Waals surface area contributed by atoms with Gasteiger partial charge in [-0.25, -0.2) is 9.37 Å². The molecular formula is C10H10F2N2O2. The molecule has 0 aromatic carbocycles. The first-order chi connectivity index (χ1) is 7.59. The van der Waals surface area contributed by atoms with Gasteiger partial charge in [0.25, 0.3) is 5.91 Å². The van der Waals surface area contributed by atoms with Gasteiger partial charge in [-0.15, -0.1) is 0 Å². The number of hydrogen-bond donors (Lipinski definition) is 1. The highest BCUT2D eigenvalue weighted by Gasteiger charge is 2.27. The maximum atomic E-state index is 13.3. The minimum absolute atomic E-state index is 0.155. The molecule has 1 unspecified atom stereocenters. The molecule has 1 aliphatic heterocycles. The van der Waals surface area contributed by atoms with Crippen LogP contribution in [0.2, 0.25) is 0 Å². The molecule has 0 saturated carbocycles. The molecule has 4 nitrogen and oxygen atoms in total. The molecule has 86 valence electrons. The summed E-state index contributed by atoms with van der Waals surface area (Å²) in [5.41, 5.74) is -0.346. The maximum absolute atomic E-state index is 13.3. The summed E-state index contributed by atoms with van der Waals surface area (Å²) in [5, 5.41) is 9.25. The zero-order valence-electron chi connectivity index (χ0n) is 8.36. The number of aromatic nitrogens is 1. The molecule has 1 aromatic heterocycles. The molecule has 6 heteroatoms. The quantitative estimate of drug-likeness (QED) is 0.715. The van der Waals surface area contributed by atoms with Crippen molar-refractivity contribution in [3.63, 3.8) is 0 Å². The lowest BCUT2D eigenvalue weighted by atomic mass is 10.2. The van der Waals surface area contributed by atoms with E-state index in [1.165, 1.54) is 4.90 Å². The fourth-order valence-electron chi connectivity index (χ4n) is 1.68. The first-order valence-electron chi connectivity index (χ1n) is 4.87. The van der Waals surface area contributed by atoms with Crippen LogP contribution in [0.4, 0.5) is 8.78 Å². The molecule has 1 N–H and O–H groups in total. The van der Waals surface area contributed by atoms with Gasteiger partial charge in [-0.1, -0.05) is 0 Å². The summed E-state index contributed by atoms with van der Waals surface area (Å²) in [4.78, 5) is 16.1. The van der Waals surface area contributed by atoms with Crippen LogP contribution in [-0.2, 0) is 0 Å². The molecule has 1 aliphatic rings. The Morgan fingerprint density at radius 3 is 2.94 bits per heavy atom. The highest BCUT2D eigenvalue weighted by Crippen LogP contribution is 2.16. The van der Waals surface area contributed by atoms with E-state index in [9.17, 15) is 18.7 Å². The maximum Gasteiger partial charge on any atom is 0.257 e. The van der Waals surface area contributed by atoms with Crippen molar-refractivity contribution in [2.75, 3.05) is 13.1 Å². The fourth-order valence-corrected chi connectivity index (χ4v) is 1.68. The van der Waals surface area contributed by atoms with Crippen molar-refractivity contribution in [1.29, 1.82) is 0 Å². The van der Waals surface area contributed by atoms with E-state index in [1.807, 2.05) is 0 Å². The van der Waals surface area contributed by atoms with Gasteiger partial charge in [-0.05, 0) is 12.5 Å². The van der Waals surface area contributed by atoms with Gasteiger partial charge in [-0.2, -0.15) is 4.39 Å². The topological polar surface area (TPSA) is 53.4 Å². The van der Waals surface area contributed by atoms with Gasteiger partial charge in [0.15, 0.2) is 5.82 Å². The molecule has 1 aromatic rings. The van der Waals surface area contributed by atoms with Crippen molar-refractivity contribution in [3.05, 3.63) is 29.6 Å². The summed E-state index contributed by atoms with van der Waals surface area (Å²) in [6.45, 7) is 0.506. The van der Waals surface area contributed by atoms with E-state index in [4.69, 9.17) is 0 Å². The number of amides is 1. The fraction of sp³-hybridized carbons (Fsp3) is 0.400. The van der Waals surface area contributed by atoms with Gasteiger partial charge in [0.2, 0.25) is 5.95 Å². The van der Waals surface area contributed by atoms with Gasteiger partial charge in [-0.3, -0.25) is 4.79 Å². The predicted octanol–water partition coefficient (Wildman–Crippen LogP) is 0.567. The molecule has 2 rings (SSSR count). The number of pyridine rings is 1. The van der Waals surface area contributed by atoms with Gasteiger partial charge < -0.3 is 10.0 Å². The number of halogens is 2. The van der Waals surface area contributed by atoms with Crippen LogP contribution < -0.4 is 0 Å². The second-order valence-electron chi connectivity index (χ2n) is 3.66. The Kier molecular flexibility index (Phi) is 2.82. The Morgan fingerprint density at radius 2 is 2.31 bits per heavy atom. The lowest BCUT2D eigenvalue weighted by Crippen LogP contribution is -2.30. The predicted molar refractivity (Wildman–Crippen MR) is 50.7 cm³/mol. The molecule has 1 fully saturated rings. The summed E-state index contributed by atoms with van der Waals surface area (Å²) < 4.78 is 26.1. The van der Waals surface area contributed by atoms with Gasteiger partial charge in [0.1, 0.15) is 0 Å². The van der Waals surface area contributed by atoms with Gasteiger partial charge in [0.05, 0.1) is 11.7 Å². The normalized spacial score (nSPS) is 20.2. The lowest BCUT2D eigenvalue weighted by molar-refractivity contribution is 0.0759. The number of rotatable bonds is 1. The molecule has 2 heterocycles. The number of carbonyl (C=O) groups excluding carboxylic acids is 1. The zero-order chi connectivity index (χ0) is 11.7. The average molecular weight is 228 g/mol. The second-order valence-corrected chi connectivity index (χ2v) is 3.66. The number of likely N-dealkylation sites (tertiary alicyclic amines) is 1. The van der Waals surface area contributed by atoms with Crippen LogP contribution in [-0.4, -0.2) is 40.1 Å². The molecule has 1 saturated heterocycles. The van der Waals surface area contributed by atoms with E-state index >= 15 is 0 Å². The Hall–Kier alpha value is -1.56. The molecule has 0 spiro atoms. The van der Waals surface area contributed by atoms with Crippen LogP contribution in [0.3, 0.4) is 0 Å². The van der Waals surface area contributed by atoms with Crippen LogP contribution in [0.15, 0.2) is 12.3 Å². The van der Waals surface area contributed by atoms with Crippen LogP contribution in [0.25, 0.3) is 0 Å². The molecule has 0 aliphatic carbocycles. The summed E-state index contributed by atoms with van der Waals surface area (Å²) in [6, 6.07) is 1.13. The van der Waals surface area contributed by atoms with E-state index < -0.39 is 23.8 Å². The third kappa shape index (κ3) is 1.88. The lowest BCUT2D eigenvalue weighted by Gasteiger charge is -2.15. The van der Waals surface area contributed by atoms with Crippen molar-refractivity contribution < 1.29 is 18.7 Å². The van der Waals surface area contributed by atoms with Crippen LogP contribution in [0.1, 0.15) is 16.8 Å². The molecule has 0 bridgehead atoms. The molecule has 1 atom stereocenters. The first kappa shape index (κ1) is 10.9. The Balaban J connectivity index is 2.24. The summed E-state index contributed by atoms with van der Waals surface area (Å²) in [7, 11) is 0. The smallest absolute Gasteiger partial charge is 0.257 e. The Bertz CT molecular complexity index is 425. The van der Waals surface area contributed by atoms with E-state index in [-0.39, 0.29) is 12.1 Å². The monoisotopic (exact) mass is 228 g/mol. The van der Waals surface area contributed by atoms with E-state index in [2.05, 4.69) is 4.98 Å². The number of carbonyl (C=O) groups is 1. The molecule has 1 amide bonds. The van der Waals surface area contributed by atoms with Crippen LogP contribution in [0.5, 0.6) is 0 Å². The summed E-state index contributed by atoms with van der Waals surface area (Å²) in [6.07, 6.45) is 0.915. The number of hydrogen-bond acceptors (Lipinski definition) is 3. The summed E-state index contributed by atoms with van der Waals surface area (Å²) in [5.74, 6) is -3.14. The molecule has 16 heavy (non-hydrogen) atoms. The van der Waals surface area contributed by atoms with Crippen molar-refractivity contribution in [2.24, 2.45) is 0 Å². The largest absolute Gasteiger partial charge is 0.391 e. The summed E-state index contributed by atoms with van der Waals surface area (Å²) >= 11 is 0. The van der Waals surface area contributed by atoms with Crippen molar-refractivity contribution in [3.8, 4) is 0 Å². The van der Waals surface area contributed by atoms with E-state index in [1.54, 1.807) is 0 Å². The minimum Gasteiger partial charge on any atom is -0.391 e.